The van der Waals surface area contributed by atoms with Crippen LogP contribution in [-0.4, -0.2) is 17.3 Å². The van der Waals surface area contributed by atoms with Gasteiger partial charge in [-0.25, -0.2) is 4.79 Å². The van der Waals surface area contributed by atoms with Gasteiger partial charge in [-0.3, -0.25) is 5.43 Å². The molecule has 0 spiro atoms. The monoisotopic (exact) mass is 237 g/mol. The summed E-state index contributed by atoms with van der Waals surface area (Å²) in [6, 6.07) is 9.34. The third-order valence-corrected chi connectivity index (χ3v) is 1.66. The van der Waals surface area contributed by atoms with Crippen molar-refractivity contribution < 1.29 is 9.53 Å². The summed E-state index contributed by atoms with van der Waals surface area (Å²) < 4.78 is 4.90. The Morgan fingerprint density at radius 3 is 2.81 bits per heavy atom. The van der Waals surface area contributed by atoms with Crippen molar-refractivity contribution >= 4 is 29.5 Å². The average Bonchev–Trinajstić information content (AvgIpc) is 2.27. The molecule has 3 N–H and O–H groups in total. The summed E-state index contributed by atoms with van der Waals surface area (Å²) >= 11 is 4.49. The van der Waals surface area contributed by atoms with Crippen molar-refractivity contribution in [2.75, 3.05) is 0 Å². The zero-order valence-corrected chi connectivity index (χ0v) is 9.24. The number of rotatable bonds is 4. The minimum Gasteiger partial charge on any atom is -0.456 e. The summed E-state index contributed by atoms with van der Waals surface area (Å²) in [5.41, 5.74) is 8.26. The quantitative estimate of drug-likeness (QED) is 0.346. The highest BCUT2D eigenvalue weighted by Crippen LogP contribution is 1.99. The molecular weight excluding hydrogens is 226 g/mol. The van der Waals surface area contributed by atoms with E-state index in [9.17, 15) is 4.79 Å². The molecule has 5 nitrogen and oxygen atoms in total. The maximum absolute atomic E-state index is 11.1. The van der Waals surface area contributed by atoms with Crippen molar-refractivity contribution in [1.82, 2.24) is 5.43 Å². The Balaban J connectivity index is 2.30. The lowest BCUT2D eigenvalue weighted by molar-refractivity contribution is -0.136. The number of hydrogen-bond acceptors (Lipinski definition) is 4. The first-order valence-corrected chi connectivity index (χ1v) is 4.88. The van der Waals surface area contributed by atoms with Gasteiger partial charge in [0, 0.05) is 0 Å². The Bertz CT molecular complexity index is 392. The Morgan fingerprint density at radius 1 is 1.50 bits per heavy atom. The number of ether oxygens (including phenoxy) is 1. The summed E-state index contributed by atoms with van der Waals surface area (Å²) in [5, 5.41) is 3.46. The van der Waals surface area contributed by atoms with Crippen molar-refractivity contribution in [3.8, 4) is 0 Å². The average molecular weight is 237 g/mol. The van der Waals surface area contributed by atoms with E-state index in [2.05, 4.69) is 22.7 Å². The Labute approximate surface area is 98.3 Å². The molecule has 0 fully saturated rings. The molecule has 0 bridgehead atoms. The van der Waals surface area contributed by atoms with Crippen LogP contribution in [0.3, 0.4) is 0 Å². The number of thiocarbonyl (C=S) groups is 1. The first-order valence-electron chi connectivity index (χ1n) is 4.47. The Hall–Kier alpha value is -1.95. The molecule has 0 aliphatic heterocycles. The molecule has 0 saturated carbocycles. The minimum absolute atomic E-state index is 0.00731. The smallest absolute Gasteiger partial charge is 0.351 e. The van der Waals surface area contributed by atoms with Crippen LogP contribution in [0.25, 0.3) is 0 Å². The SMILES string of the molecule is NC(=S)NN=CC(=O)OCc1ccccc1. The lowest BCUT2D eigenvalue weighted by Gasteiger charge is -2.01. The number of nitrogens with two attached hydrogens (primary N) is 1. The van der Waals surface area contributed by atoms with Crippen molar-refractivity contribution in [1.29, 1.82) is 0 Å². The van der Waals surface area contributed by atoms with Gasteiger partial charge < -0.3 is 10.5 Å². The third kappa shape index (κ3) is 5.06. The number of benzene rings is 1. The predicted octanol–water partition coefficient (Wildman–Crippen LogP) is 0.549. The molecule has 6 heteroatoms. The molecule has 0 amide bonds. The zero-order chi connectivity index (χ0) is 11.8. The van der Waals surface area contributed by atoms with Gasteiger partial charge in [0.1, 0.15) is 12.8 Å². The van der Waals surface area contributed by atoms with Crippen LogP contribution in [0, 0.1) is 0 Å². The van der Waals surface area contributed by atoms with Gasteiger partial charge in [0.15, 0.2) is 5.11 Å². The van der Waals surface area contributed by atoms with Crippen LogP contribution in [-0.2, 0) is 16.1 Å². The summed E-state index contributed by atoms with van der Waals surface area (Å²) in [6.07, 6.45) is 0.974. The van der Waals surface area contributed by atoms with Gasteiger partial charge >= 0.3 is 5.97 Å². The third-order valence-electron chi connectivity index (χ3n) is 1.57. The van der Waals surface area contributed by atoms with Crippen LogP contribution < -0.4 is 11.2 Å². The second kappa shape index (κ2) is 6.52. The largest absolute Gasteiger partial charge is 0.456 e. The first kappa shape index (κ1) is 12.1. The molecule has 0 saturated heterocycles. The number of carbonyl (C=O) groups excluding carboxylic acids is 1. The molecule has 16 heavy (non-hydrogen) atoms. The highest BCUT2D eigenvalue weighted by Gasteiger charge is 1.98. The van der Waals surface area contributed by atoms with E-state index >= 15 is 0 Å². The van der Waals surface area contributed by atoms with Gasteiger partial charge in [0.05, 0.1) is 0 Å². The lowest BCUT2D eigenvalue weighted by Crippen LogP contribution is -2.24. The van der Waals surface area contributed by atoms with Crippen LogP contribution in [0.15, 0.2) is 35.4 Å². The number of hydrogen-bond donors (Lipinski definition) is 2. The van der Waals surface area contributed by atoms with Gasteiger partial charge in [0.25, 0.3) is 0 Å². The maximum Gasteiger partial charge on any atom is 0.351 e. The molecule has 84 valence electrons. The molecular formula is C10H11N3O2S. The Kier molecular flexibility index (Phi) is 4.94. The van der Waals surface area contributed by atoms with E-state index in [0.29, 0.717) is 0 Å². The van der Waals surface area contributed by atoms with E-state index in [-0.39, 0.29) is 11.7 Å². The van der Waals surface area contributed by atoms with Crippen molar-refractivity contribution in [2.45, 2.75) is 6.61 Å². The van der Waals surface area contributed by atoms with E-state index < -0.39 is 5.97 Å². The lowest BCUT2D eigenvalue weighted by atomic mass is 10.2. The molecule has 0 radical (unpaired) electrons. The van der Waals surface area contributed by atoms with Gasteiger partial charge in [-0.2, -0.15) is 5.10 Å². The van der Waals surface area contributed by atoms with Crippen LogP contribution >= 0.6 is 12.2 Å². The van der Waals surface area contributed by atoms with E-state index in [1.165, 1.54) is 0 Å². The number of nitrogens with one attached hydrogen (secondary N) is 1. The fraction of sp³-hybridized carbons (Fsp3) is 0.100. The van der Waals surface area contributed by atoms with Crippen LogP contribution in [0.2, 0.25) is 0 Å². The molecule has 0 aliphatic carbocycles. The molecule has 1 aromatic rings. The van der Waals surface area contributed by atoms with Crippen LogP contribution in [0.5, 0.6) is 0 Å². The highest BCUT2D eigenvalue weighted by atomic mass is 32.1. The topological polar surface area (TPSA) is 76.7 Å². The van der Waals surface area contributed by atoms with E-state index in [4.69, 9.17) is 10.5 Å². The highest BCUT2D eigenvalue weighted by molar-refractivity contribution is 7.80. The normalized spacial score (nSPS) is 10.0. The van der Waals surface area contributed by atoms with Crippen molar-refractivity contribution in [3.63, 3.8) is 0 Å². The van der Waals surface area contributed by atoms with Gasteiger partial charge in [-0.05, 0) is 17.8 Å². The van der Waals surface area contributed by atoms with E-state index in [1.54, 1.807) is 0 Å². The molecule has 1 rings (SSSR count). The molecule has 1 aromatic carbocycles. The fourth-order valence-corrected chi connectivity index (χ4v) is 0.967. The van der Waals surface area contributed by atoms with Crippen LogP contribution in [0.4, 0.5) is 0 Å². The first-order chi connectivity index (χ1) is 7.68. The predicted molar refractivity (Wildman–Crippen MR) is 64.7 cm³/mol. The molecule has 0 aliphatic rings. The Morgan fingerprint density at radius 2 is 2.19 bits per heavy atom. The van der Waals surface area contributed by atoms with Gasteiger partial charge in [-0.1, -0.05) is 30.3 Å². The summed E-state index contributed by atoms with van der Waals surface area (Å²) in [7, 11) is 0. The molecule has 0 heterocycles. The van der Waals surface area contributed by atoms with Crippen molar-refractivity contribution in [3.05, 3.63) is 35.9 Å². The summed E-state index contributed by atoms with van der Waals surface area (Å²) in [4.78, 5) is 11.1. The standard InChI is InChI=1S/C10H11N3O2S/c11-10(16)13-12-6-9(14)15-7-8-4-2-1-3-5-8/h1-6H,7H2,(H3,11,13,16). The molecule has 0 aromatic heterocycles. The van der Waals surface area contributed by atoms with Gasteiger partial charge in [0.2, 0.25) is 0 Å². The zero-order valence-electron chi connectivity index (χ0n) is 8.42. The molecule has 0 unspecified atom stereocenters. The second-order valence-corrected chi connectivity index (χ2v) is 3.27. The summed E-state index contributed by atoms with van der Waals surface area (Å²) in [6.45, 7) is 0.207. The van der Waals surface area contributed by atoms with Crippen molar-refractivity contribution in [2.24, 2.45) is 10.8 Å². The number of nitrogens with zero attached hydrogens (tertiary/aromatic N) is 1. The molecule has 0 atom stereocenters. The number of esters is 1. The summed E-state index contributed by atoms with van der Waals surface area (Å²) in [5.74, 6) is -0.562. The van der Waals surface area contributed by atoms with E-state index in [0.717, 1.165) is 11.8 Å². The number of carbonyl (C=O) groups is 1. The fourth-order valence-electron chi connectivity index (χ4n) is 0.915. The minimum atomic E-state index is -0.562. The van der Waals surface area contributed by atoms with Crippen LogP contribution in [0.1, 0.15) is 5.56 Å². The second-order valence-electron chi connectivity index (χ2n) is 2.83. The number of hydrazone groups is 1. The maximum atomic E-state index is 11.1. The van der Waals surface area contributed by atoms with Gasteiger partial charge in [-0.15, -0.1) is 0 Å². The van der Waals surface area contributed by atoms with E-state index in [1.807, 2.05) is 30.3 Å².